The van der Waals surface area contributed by atoms with Crippen molar-refractivity contribution in [3.63, 3.8) is 0 Å². The van der Waals surface area contributed by atoms with Crippen LogP contribution < -0.4 is 4.90 Å². The molecule has 2 heteroatoms. The highest BCUT2D eigenvalue weighted by atomic mass is 15.1. The third kappa shape index (κ3) is 4.50. The van der Waals surface area contributed by atoms with Crippen molar-refractivity contribution >= 4 is 49.6 Å². The SMILES string of the molecule is CC1(C)c2ccc(N(c3ccccc3)c3ccc(-c4ccccc4)cc3)cc2-c2ccc3ccc4c5ccccc5n(-c5ccccc5)c4c3c21. The fraction of sp³-hybridized carbons (Fsp3) is 0.0612. The van der Waals surface area contributed by atoms with Crippen molar-refractivity contribution in [2.45, 2.75) is 19.3 Å². The Hall–Kier alpha value is -6.38. The summed E-state index contributed by atoms with van der Waals surface area (Å²) in [5.74, 6) is 0. The van der Waals surface area contributed by atoms with E-state index in [1.54, 1.807) is 0 Å². The summed E-state index contributed by atoms with van der Waals surface area (Å²) in [5.41, 5.74) is 14.7. The second kappa shape index (κ2) is 11.3. The largest absolute Gasteiger partial charge is 0.310 e. The van der Waals surface area contributed by atoms with Gasteiger partial charge in [-0.15, -0.1) is 0 Å². The predicted octanol–water partition coefficient (Wildman–Crippen LogP) is 13.4. The van der Waals surface area contributed by atoms with Gasteiger partial charge in [-0.3, -0.25) is 0 Å². The molecule has 10 rings (SSSR count). The van der Waals surface area contributed by atoms with Gasteiger partial charge < -0.3 is 9.47 Å². The summed E-state index contributed by atoms with van der Waals surface area (Å²) in [6, 6.07) is 66.4. The molecule has 0 bridgehead atoms. The van der Waals surface area contributed by atoms with Gasteiger partial charge in [-0.1, -0.05) is 141 Å². The van der Waals surface area contributed by atoms with E-state index in [2.05, 4.69) is 205 Å². The standard InChI is InChI=1S/C49H36N2/c1-49(2)44-31-28-39(50(36-16-8-4-9-17-36)38-26-22-34(23-27-38)33-14-6-3-7-15-33)32-43(44)41-29-24-35-25-30-42-40-20-12-13-21-45(40)51(37-18-10-5-11-19-37)48(42)46(35)47(41)49/h3-32H,1-2H3. The fourth-order valence-electron chi connectivity index (χ4n) is 8.62. The summed E-state index contributed by atoms with van der Waals surface area (Å²) in [7, 11) is 0. The molecule has 1 aliphatic rings. The van der Waals surface area contributed by atoms with E-state index in [1.165, 1.54) is 71.6 Å². The van der Waals surface area contributed by atoms with Crippen molar-refractivity contribution in [2.75, 3.05) is 4.90 Å². The minimum Gasteiger partial charge on any atom is -0.310 e. The van der Waals surface area contributed by atoms with Crippen LogP contribution in [0.2, 0.25) is 0 Å². The van der Waals surface area contributed by atoms with Gasteiger partial charge in [0.05, 0.1) is 11.0 Å². The van der Waals surface area contributed by atoms with E-state index in [4.69, 9.17) is 0 Å². The molecule has 0 fully saturated rings. The minimum absolute atomic E-state index is 0.204. The summed E-state index contributed by atoms with van der Waals surface area (Å²) in [4.78, 5) is 2.38. The first-order chi connectivity index (χ1) is 25.1. The number of hydrogen-bond donors (Lipinski definition) is 0. The monoisotopic (exact) mass is 652 g/mol. The van der Waals surface area contributed by atoms with Crippen LogP contribution in [0.3, 0.4) is 0 Å². The third-order valence-electron chi connectivity index (χ3n) is 10.9. The van der Waals surface area contributed by atoms with Crippen LogP contribution in [-0.2, 0) is 5.41 Å². The van der Waals surface area contributed by atoms with Gasteiger partial charge in [0.1, 0.15) is 0 Å². The van der Waals surface area contributed by atoms with Crippen LogP contribution in [0.5, 0.6) is 0 Å². The lowest BCUT2D eigenvalue weighted by Crippen LogP contribution is -2.16. The topological polar surface area (TPSA) is 8.17 Å². The first-order valence-electron chi connectivity index (χ1n) is 17.8. The van der Waals surface area contributed by atoms with Crippen LogP contribution in [0.15, 0.2) is 182 Å². The maximum Gasteiger partial charge on any atom is 0.0622 e. The van der Waals surface area contributed by atoms with Crippen LogP contribution in [-0.4, -0.2) is 4.57 Å². The molecule has 242 valence electrons. The molecule has 2 nitrogen and oxygen atoms in total. The molecule has 0 saturated heterocycles. The van der Waals surface area contributed by atoms with Gasteiger partial charge in [0.2, 0.25) is 0 Å². The number of hydrogen-bond acceptors (Lipinski definition) is 1. The lowest BCUT2D eigenvalue weighted by Gasteiger charge is -2.27. The summed E-state index contributed by atoms with van der Waals surface area (Å²) >= 11 is 0. The molecular weight excluding hydrogens is 617 g/mol. The molecule has 0 saturated carbocycles. The molecule has 8 aromatic carbocycles. The van der Waals surface area contributed by atoms with Crippen molar-refractivity contribution in [1.29, 1.82) is 0 Å². The Bertz CT molecular complexity index is 2740. The number of fused-ring (bicyclic) bond motifs is 9. The van der Waals surface area contributed by atoms with Crippen molar-refractivity contribution < 1.29 is 0 Å². The highest BCUT2D eigenvalue weighted by Gasteiger charge is 2.38. The van der Waals surface area contributed by atoms with Crippen LogP contribution in [0.4, 0.5) is 17.1 Å². The normalized spacial score (nSPS) is 13.1. The Kier molecular flexibility index (Phi) is 6.56. The zero-order valence-electron chi connectivity index (χ0n) is 28.7. The number of rotatable bonds is 5. The van der Waals surface area contributed by atoms with E-state index in [0.717, 1.165) is 17.1 Å². The average Bonchev–Trinajstić information content (AvgIpc) is 3.65. The lowest BCUT2D eigenvalue weighted by atomic mass is 9.79. The highest BCUT2D eigenvalue weighted by molar-refractivity contribution is 6.21. The summed E-state index contributed by atoms with van der Waals surface area (Å²) in [6.45, 7) is 4.81. The Labute approximate surface area is 298 Å². The molecule has 51 heavy (non-hydrogen) atoms. The second-order valence-electron chi connectivity index (χ2n) is 14.2. The Morgan fingerprint density at radius 3 is 1.84 bits per heavy atom. The van der Waals surface area contributed by atoms with E-state index in [1.807, 2.05) is 0 Å². The summed E-state index contributed by atoms with van der Waals surface area (Å²) in [6.07, 6.45) is 0. The Morgan fingerprint density at radius 2 is 1.08 bits per heavy atom. The average molecular weight is 653 g/mol. The van der Waals surface area contributed by atoms with Crippen LogP contribution >= 0.6 is 0 Å². The molecule has 1 aromatic heterocycles. The van der Waals surface area contributed by atoms with E-state index in [0.29, 0.717) is 0 Å². The maximum absolute atomic E-state index is 2.48. The molecule has 0 aliphatic heterocycles. The maximum atomic E-state index is 2.48. The van der Waals surface area contributed by atoms with Crippen molar-refractivity contribution in [1.82, 2.24) is 4.57 Å². The predicted molar refractivity (Wildman–Crippen MR) is 216 cm³/mol. The minimum atomic E-state index is -0.204. The van der Waals surface area contributed by atoms with E-state index >= 15 is 0 Å². The first-order valence-corrected chi connectivity index (χ1v) is 17.8. The van der Waals surface area contributed by atoms with Gasteiger partial charge in [-0.05, 0) is 93.4 Å². The van der Waals surface area contributed by atoms with Crippen molar-refractivity contribution in [2.24, 2.45) is 0 Å². The lowest BCUT2D eigenvalue weighted by molar-refractivity contribution is 0.666. The molecule has 0 radical (unpaired) electrons. The van der Waals surface area contributed by atoms with E-state index in [9.17, 15) is 0 Å². The van der Waals surface area contributed by atoms with Gasteiger partial charge >= 0.3 is 0 Å². The van der Waals surface area contributed by atoms with E-state index < -0.39 is 0 Å². The molecule has 9 aromatic rings. The number of nitrogens with zero attached hydrogens (tertiary/aromatic N) is 2. The third-order valence-corrected chi connectivity index (χ3v) is 10.9. The molecule has 0 spiro atoms. The molecular formula is C49H36N2. The molecule has 0 unspecified atom stereocenters. The number of aromatic nitrogens is 1. The van der Waals surface area contributed by atoms with E-state index in [-0.39, 0.29) is 5.41 Å². The number of anilines is 3. The van der Waals surface area contributed by atoms with Crippen molar-refractivity contribution in [3.05, 3.63) is 193 Å². The van der Waals surface area contributed by atoms with Crippen LogP contribution in [0, 0.1) is 0 Å². The molecule has 0 amide bonds. The molecule has 1 heterocycles. The molecule has 1 aliphatic carbocycles. The summed E-state index contributed by atoms with van der Waals surface area (Å²) in [5, 5.41) is 5.18. The second-order valence-corrected chi connectivity index (χ2v) is 14.2. The fourth-order valence-corrected chi connectivity index (χ4v) is 8.62. The quantitative estimate of drug-likeness (QED) is 0.180. The van der Waals surface area contributed by atoms with Crippen LogP contribution in [0.1, 0.15) is 25.0 Å². The zero-order valence-corrected chi connectivity index (χ0v) is 28.7. The van der Waals surface area contributed by atoms with Gasteiger partial charge in [-0.25, -0.2) is 0 Å². The first kappa shape index (κ1) is 29.5. The van der Waals surface area contributed by atoms with Gasteiger partial charge in [-0.2, -0.15) is 0 Å². The summed E-state index contributed by atoms with van der Waals surface area (Å²) < 4.78 is 2.48. The van der Waals surface area contributed by atoms with Crippen LogP contribution in [0.25, 0.3) is 60.5 Å². The van der Waals surface area contributed by atoms with Crippen molar-refractivity contribution in [3.8, 4) is 27.9 Å². The smallest absolute Gasteiger partial charge is 0.0622 e. The van der Waals surface area contributed by atoms with Gasteiger partial charge in [0.15, 0.2) is 0 Å². The molecule has 0 atom stereocenters. The molecule has 0 N–H and O–H groups in total. The van der Waals surface area contributed by atoms with Gasteiger partial charge in [0.25, 0.3) is 0 Å². The highest BCUT2D eigenvalue weighted by Crippen LogP contribution is 2.54. The zero-order chi connectivity index (χ0) is 34.1. The number of benzene rings is 8. The van der Waals surface area contributed by atoms with Gasteiger partial charge in [0, 0.05) is 44.3 Å². The Balaban J connectivity index is 1.20. The Morgan fingerprint density at radius 1 is 0.471 bits per heavy atom. The number of para-hydroxylation sites is 3.